The van der Waals surface area contributed by atoms with Crippen LogP contribution in [0.1, 0.15) is 57.6 Å². The molecule has 1 atom stereocenters. The second-order valence-corrected chi connectivity index (χ2v) is 6.68. The Morgan fingerprint density at radius 3 is 2.65 bits per heavy atom. The molecule has 1 aliphatic rings. The number of amides is 1. The van der Waals surface area contributed by atoms with E-state index in [1.54, 1.807) is 0 Å². The highest BCUT2D eigenvalue weighted by atomic mass is 35.5. The number of halogens is 1. The van der Waals surface area contributed by atoms with Crippen LogP contribution in [0.15, 0.2) is 24.3 Å². The van der Waals surface area contributed by atoms with Crippen molar-refractivity contribution in [2.75, 3.05) is 0 Å². The van der Waals surface area contributed by atoms with Crippen molar-refractivity contribution >= 4 is 17.5 Å². The van der Waals surface area contributed by atoms with E-state index in [4.69, 9.17) is 11.6 Å². The first-order valence-electron chi connectivity index (χ1n) is 7.61. The molecule has 1 aromatic rings. The maximum absolute atomic E-state index is 12.1. The third-order valence-corrected chi connectivity index (χ3v) is 4.22. The third kappa shape index (κ3) is 4.24. The molecule has 20 heavy (non-hydrogen) atoms. The number of benzene rings is 1. The highest BCUT2D eigenvalue weighted by Gasteiger charge is 2.27. The van der Waals surface area contributed by atoms with Gasteiger partial charge in [0.25, 0.3) is 0 Å². The van der Waals surface area contributed by atoms with Crippen LogP contribution in [-0.4, -0.2) is 5.91 Å². The number of hydrogen-bond acceptors (Lipinski definition) is 1. The molecule has 0 aromatic heterocycles. The summed E-state index contributed by atoms with van der Waals surface area (Å²) in [7, 11) is 0. The largest absolute Gasteiger partial charge is 0.349 e. The molecule has 2 nitrogen and oxygen atoms in total. The van der Waals surface area contributed by atoms with Crippen molar-refractivity contribution in [3.8, 4) is 0 Å². The topological polar surface area (TPSA) is 29.1 Å². The third-order valence-electron chi connectivity index (χ3n) is 3.99. The SMILES string of the molecule is CC(C)CC(=O)NC(c1cccc(Cl)c1)C1CCCC1. The lowest BCUT2D eigenvalue weighted by Gasteiger charge is -2.26. The fourth-order valence-corrected chi connectivity index (χ4v) is 3.27. The Kier molecular flexibility index (Phi) is 5.47. The molecule has 0 saturated heterocycles. The predicted octanol–water partition coefficient (Wildman–Crippen LogP) is 4.73. The molecule has 1 unspecified atom stereocenters. The smallest absolute Gasteiger partial charge is 0.220 e. The molecule has 1 aromatic carbocycles. The minimum absolute atomic E-state index is 0.113. The number of rotatable bonds is 5. The first-order valence-corrected chi connectivity index (χ1v) is 7.99. The molecule has 0 heterocycles. The van der Waals surface area contributed by atoms with Gasteiger partial charge >= 0.3 is 0 Å². The summed E-state index contributed by atoms with van der Waals surface area (Å²) in [6, 6.07) is 8.02. The van der Waals surface area contributed by atoms with Gasteiger partial charge in [-0.25, -0.2) is 0 Å². The van der Waals surface area contributed by atoms with Crippen molar-refractivity contribution in [2.45, 2.75) is 52.0 Å². The maximum Gasteiger partial charge on any atom is 0.220 e. The molecular formula is C17H24ClNO. The zero-order valence-corrected chi connectivity index (χ0v) is 13.1. The fourth-order valence-electron chi connectivity index (χ4n) is 3.07. The maximum atomic E-state index is 12.1. The van der Waals surface area contributed by atoms with E-state index in [1.807, 2.05) is 18.2 Å². The van der Waals surface area contributed by atoms with Gasteiger partial charge in [-0.15, -0.1) is 0 Å². The van der Waals surface area contributed by atoms with Gasteiger partial charge in [-0.2, -0.15) is 0 Å². The van der Waals surface area contributed by atoms with Crippen LogP contribution >= 0.6 is 11.6 Å². The number of nitrogens with one attached hydrogen (secondary N) is 1. The molecule has 110 valence electrons. The Balaban J connectivity index is 2.14. The lowest BCUT2D eigenvalue weighted by molar-refractivity contribution is -0.122. The lowest BCUT2D eigenvalue weighted by atomic mass is 9.91. The van der Waals surface area contributed by atoms with E-state index in [0.29, 0.717) is 18.3 Å². The molecule has 3 heteroatoms. The Morgan fingerprint density at radius 2 is 2.05 bits per heavy atom. The molecule has 1 saturated carbocycles. The molecule has 0 spiro atoms. The van der Waals surface area contributed by atoms with Crippen LogP contribution in [0.5, 0.6) is 0 Å². The van der Waals surface area contributed by atoms with E-state index >= 15 is 0 Å². The van der Waals surface area contributed by atoms with Crippen LogP contribution < -0.4 is 5.32 Å². The van der Waals surface area contributed by atoms with E-state index in [9.17, 15) is 4.79 Å². The van der Waals surface area contributed by atoms with Crippen LogP contribution in [0, 0.1) is 11.8 Å². The molecule has 1 N–H and O–H groups in total. The summed E-state index contributed by atoms with van der Waals surface area (Å²) in [5.74, 6) is 1.08. The minimum atomic E-state index is 0.113. The fraction of sp³-hybridized carbons (Fsp3) is 0.588. The van der Waals surface area contributed by atoms with Crippen molar-refractivity contribution in [3.63, 3.8) is 0 Å². The van der Waals surface area contributed by atoms with Gasteiger partial charge in [0.2, 0.25) is 5.91 Å². The standard InChI is InChI=1S/C17H24ClNO/c1-12(2)10-16(20)19-17(13-6-3-4-7-13)14-8-5-9-15(18)11-14/h5,8-9,11-13,17H,3-4,6-7,10H2,1-2H3,(H,19,20). The molecule has 1 amide bonds. The van der Waals surface area contributed by atoms with Gasteiger partial charge in [0.05, 0.1) is 6.04 Å². The average molecular weight is 294 g/mol. The molecule has 2 rings (SSSR count). The second kappa shape index (κ2) is 7.12. The van der Waals surface area contributed by atoms with Gasteiger partial charge in [0, 0.05) is 11.4 Å². The van der Waals surface area contributed by atoms with E-state index in [1.165, 1.54) is 25.7 Å². The predicted molar refractivity (Wildman–Crippen MR) is 83.7 cm³/mol. The van der Waals surface area contributed by atoms with Crippen molar-refractivity contribution in [1.82, 2.24) is 5.32 Å². The van der Waals surface area contributed by atoms with Crippen molar-refractivity contribution < 1.29 is 4.79 Å². The van der Waals surface area contributed by atoms with Gasteiger partial charge < -0.3 is 5.32 Å². The Morgan fingerprint density at radius 1 is 1.35 bits per heavy atom. The zero-order valence-electron chi connectivity index (χ0n) is 12.4. The van der Waals surface area contributed by atoms with Crippen LogP contribution in [-0.2, 0) is 4.79 Å². The summed E-state index contributed by atoms with van der Waals surface area (Å²) in [4.78, 5) is 12.1. The first-order chi connectivity index (χ1) is 9.56. The minimum Gasteiger partial charge on any atom is -0.349 e. The van der Waals surface area contributed by atoms with Gasteiger partial charge in [-0.1, -0.05) is 50.4 Å². The second-order valence-electron chi connectivity index (χ2n) is 6.24. The quantitative estimate of drug-likeness (QED) is 0.835. The summed E-state index contributed by atoms with van der Waals surface area (Å²) in [6.45, 7) is 4.15. The first kappa shape index (κ1) is 15.4. The molecule has 1 aliphatic carbocycles. The highest BCUT2D eigenvalue weighted by Crippen LogP contribution is 2.36. The molecular weight excluding hydrogens is 270 g/mol. The van der Waals surface area contributed by atoms with E-state index in [0.717, 1.165) is 10.6 Å². The van der Waals surface area contributed by atoms with Gasteiger partial charge in [-0.3, -0.25) is 4.79 Å². The Labute approximate surface area is 126 Å². The van der Waals surface area contributed by atoms with Crippen LogP contribution in [0.2, 0.25) is 5.02 Å². The Hall–Kier alpha value is -1.02. The van der Waals surface area contributed by atoms with E-state index in [2.05, 4.69) is 25.2 Å². The van der Waals surface area contributed by atoms with E-state index < -0.39 is 0 Å². The van der Waals surface area contributed by atoms with Gasteiger partial charge in [0.15, 0.2) is 0 Å². The summed E-state index contributed by atoms with van der Waals surface area (Å²) >= 11 is 6.10. The summed E-state index contributed by atoms with van der Waals surface area (Å²) in [6.07, 6.45) is 5.51. The average Bonchev–Trinajstić information content (AvgIpc) is 2.88. The summed E-state index contributed by atoms with van der Waals surface area (Å²) in [5.41, 5.74) is 1.14. The number of hydrogen-bond donors (Lipinski definition) is 1. The summed E-state index contributed by atoms with van der Waals surface area (Å²) < 4.78 is 0. The molecule has 0 radical (unpaired) electrons. The molecule has 1 fully saturated rings. The van der Waals surface area contributed by atoms with Crippen molar-refractivity contribution in [2.24, 2.45) is 11.8 Å². The lowest BCUT2D eigenvalue weighted by Crippen LogP contribution is -2.33. The van der Waals surface area contributed by atoms with Crippen LogP contribution in [0.4, 0.5) is 0 Å². The number of carbonyl (C=O) groups is 1. The van der Waals surface area contributed by atoms with Crippen LogP contribution in [0.25, 0.3) is 0 Å². The number of carbonyl (C=O) groups excluding carboxylic acids is 1. The zero-order chi connectivity index (χ0) is 14.5. The van der Waals surface area contributed by atoms with Crippen molar-refractivity contribution in [1.29, 1.82) is 0 Å². The van der Waals surface area contributed by atoms with E-state index in [-0.39, 0.29) is 11.9 Å². The molecule has 0 bridgehead atoms. The highest BCUT2D eigenvalue weighted by molar-refractivity contribution is 6.30. The Bertz CT molecular complexity index is 452. The van der Waals surface area contributed by atoms with Crippen LogP contribution in [0.3, 0.4) is 0 Å². The van der Waals surface area contributed by atoms with Gasteiger partial charge in [-0.05, 0) is 42.4 Å². The molecule has 0 aliphatic heterocycles. The van der Waals surface area contributed by atoms with Gasteiger partial charge in [0.1, 0.15) is 0 Å². The normalized spacial score (nSPS) is 17.4. The summed E-state index contributed by atoms with van der Waals surface area (Å²) in [5, 5.41) is 3.98. The van der Waals surface area contributed by atoms with Crippen molar-refractivity contribution in [3.05, 3.63) is 34.9 Å². The monoisotopic (exact) mass is 293 g/mol.